The van der Waals surface area contributed by atoms with Gasteiger partial charge in [-0.2, -0.15) is 0 Å². The molecule has 1 fully saturated rings. The van der Waals surface area contributed by atoms with Crippen LogP contribution in [0.4, 0.5) is 0 Å². The standard InChI is InChI=1S/C17H28N2/c1-4-15-11-12-19(13-15)14(3)17(18-5-2)16-9-7-6-8-10-16/h6-10,14-15,17-18H,4-5,11-13H2,1-3H3. The van der Waals surface area contributed by atoms with Gasteiger partial charge in [-0.1, -0.05) is 50.6 Å². The number of hydrogen-bond acceptors (Lipinski definition) is 2. The van der Waals surface area contributed by atoms with Crippen molar-refractivity contribution in [1.29, 1.82) is 0 Å². The zero-order chi connectivity index (χ0) is 13.7. The average Bonchev–Trinajstić information content (AvgIpc) is 2.94. The molecule has 2 rings (SSSR count). The largest absolute Gasteiger partial charge is 0.309 e. The fourth-order valence-electron chi connectivity index (χ4n) is 3.22. The normalized spacial score (nSPS) is 23.4. The molecular weight excluding hydrogens is 232 g/mol. The Kier molecular flexibility index (Phi) is 5.41. The summed E-state index contributed by atoms with van der Waals surface area (Å²) < 4.78 is 0. The van der Waals surface area contributed by atoms with Crippen LogP contribution in [0.3, 0.4) is 0 Å². The first-order valence-corrected chi connectivity index (χ1v) is 7.78. The lowest BCUT2D eigenvalue weighted by molar-refractivity contribution is 0.200. The lowest BCUT2D eigenvalue weighted by Gasteiger charge is -2.33. The van der Waals surface area contributed by atoms with Crippen molar-refractivity contribution in [2.75, 3.05) is 19.6 Å². The minimum atomic E-state index is 0.446. The Morgan fingerprint density at radius 3 is 2.58 bits per heavy atom. The van der Waals surface area contributed by atoms with Crippen LogP contribution in [0.15, 0.2) is 30.3 Å². The summed E-state index contributed by atoms with van der Waals surface area (Å²) in [5, 5.41) is 3.67. The highest BCUT2D eigenvalue weighted by molar-refractivity contribution is 5.20. The van der Waals surface area contributed by atoms with Crippen molar-refractivity contribution in [2.24, 2.45) is 5.92 Å². The molecule has 0 saturated carbocycles. The number of likely N-dealkylation sites (N-methyl/N-ethyl adjacent to an activating group) is 1. The second kappa shape index (κ2) is 7.06. The number of hydrogen-bond donors (Lipinski definition) is 1. The van der Waals surface area contributed by atoms with Crippen LogP contribution in [-0.4, -0.2) is 30.6 Å². The van der Waals surface area contributed by atoms with Gasteiger partial charge in [-0.25, -0.2) is 0 Å². The van der Waals surface area contributed by atoms with Gasteiger partial charge in [0.1, 0.15) is 0 Å². The van der Waals surface area contributed by atoms with Crippen LogP contribution in [0.2, 0.25) is 0 Å². The Labute approximate surface area is 118 Å². The van der Waals surface area contributed by atoms with Gasteiger partial charge in [0, 0.05) is 18.6 Å². The molecule has 2 nitrogen and oxygen atoms in total. The minimum absolute atomic E-state index is 0.446. The molecule has 0 bridgehead atoms. The van der Waals surface area contributed by atoms with E-state index in [2.05, 4.69) is 61.3 Å². The predicted octanol–water partition coefficient (Wildman–Crippen LogP) is 3.46. The van der Waals surface area contributed by atoms with E-state index in [-0.39, 0.29) is 0 Å². The van der Waals surface area contributed by atoms with Gasteiger partial charge < -0.3 is 5.32 Å². The van der Waals surface area contributed by atoms with Gasteiger partial charge in [0.25, 0.3) is 0 Å². The molecule has 1 aliphatic rings. The molecule has 3 atom stereocenters. The van der Waals surface area contributed by atoms with Gasteiger partial charge in [0.05, 0.1) is 0 Å². The van der Waals surface area contributed by atoms with Crippen molar-refractivity contribution in [1.82, 2.24) is 10.2 Å². The Hall–Kier alpha value is -0.860. The third-order valence-electron chi connectivity index (χ3n) is 4.54. The molecule has 0 aromatic heterocycles. The third kappa shape index (κ3) is 3.58. The zero-order valence-corrected chi connectivity index (χ0v) is 12.6. The number of nitrogens with one attached hydrogen (secondary N) is 1. The first kappa shape index (κ1) is 14.5. The number of nitrogens with zero attached hydrogens (tertiary/aromatic N) is 1. The molecule has 1 aromatic rings. The molecule has 1 N–H and O–H groups in total. The van der Waals surface area contributed by atoms with Crippen LogP contribution in [0, 0.1) is 5.92 Å². The molecule has 1 aromatic carbocycles. The molecule has 0 radical (unpaired) electrons. The Bertz CT molecular complexity index is 363. The van der Waals surface area contributed by atoms with E-state index in [4.69, 9.17) is 0 Å². The Morgan fingerprint density at radius 2 is 2.00 bits per heavy atom. The van der Waals surface area contributed by atoms with Crippen molar-refractivity contribution in [3.63, 3.8) is 0 Å². The summed E-state index contributed by atoms with van der Waals surface area (Å²) in [4.78, 5) is 2.66. The van der Waals surface area contributed by atoms with Crippen LogP contribution in [0.25, 0.3) is 0 Å². The molecule has 0 amide bonds. The fraction of sp³-hybridized carbons (Fsp3) is 0.647. The first-order valence-electron chi connectivity index (χ1n) is 7.78. The molecule has 2 heteroatoms. The van der Waals surface area contributed by atoms with Gasteiger partial charge in [-0.05, 0) is 37.9 Å². The van der Waals surface area contributed by atoms with Gasteiger partial charge in [-0.15, -0.1) is 0 Å². The summed E-state index contributed by atoms with van der Waals surface area (Å²) in [6.07, 6.45) is 2.69. The van der Waals surface area contributed by atoms with Crippen LogP contribution in [0.5, 0.6) is 0 Å². The molecule has 1 heterocycles. The maximum atomic E-state index is 3.67. The SMILES string of the molecule is CCNC(c1ccccc1)C(C)N1CCC(CC)C1. The zero-order valence-electron chi connectivity index (χ0n) is 12.6. The highest BCUT2D eigenvalue weighted by Crippen LogP contribution is 2.27. The number of likely N-dealkylation sites (tertiary alicyclic amines) is 1. The van der Waals surface area contributed by atoms with Gasteiger partial charge in [0.2, 0.25) is 0 Å². The highest BCUT2D eigenvalue weighted by Gasteiger charge is 2.29. The van der Waals surface area contributed by atoms with Crippen molar-refractivity contribution in [3.8, 4) is 0 Å². The van der Waals surface area contributed by atoms with Crippen LogP contribution >= 0.6 is 0 Å². The molecular formula is C17H28N2. The van der Waals surface area contributed by atoms with Crippen molar-refractivity contribution < 1.29 is 0 Å². The first-order chi connectivity index (χ1) is 9.26. The summed E-state index contributed by atoms with van der Waals surface area (Å²) in [5.74, 6) is 0.903. The molecule has 106 valence electrons. The van der Waals surface area contributed by atoms with E-state index in [9.17, 15) is 0 Å². The average molecular weight is 260 g/mol. The second-order valence-electron chi connectivity index (χ2n) is 5.74. The topological polar surface area (TPSA) is 15.3 Å². The smallest absolute Gasteiger partial charge is 0.0475 e. The monoisotopic (exact) mass is 260 g/mol. The molecule has 1 saturated heterocycles. The summed E-state index contributed by atoms with van der Waals surface area (Å²) in [6, 6.07) is 11.9. The van der Waals surface area contributed by atoms with Crippen LogP contribution in [-0.2, 0) is 0 Å². The third-order valence-corrected chi connectivity index (χ3v) is 4.54. The summed E-state index contributed by atoms with van der Waals surface area (Å²) in [7, 11) is 0. The van der Waals surface area contributed by atoms with E-state index in [1.165, 1.54) is 31.5 Å². The Balaban J connectivity index is 2.07. The van der Waals surface area contributed by atoms with Crippen molar-refractivity contribution in [2.45, 2.75) is 45.7 Å². The molecule has 19 heavy (non-hydrogen) atoms. The minimum Gasteiger partial charge on any atom is -0.309 e. The van der Waals surface area contributed by atoms with Crippen molar-refractivity contribution >= 4 is 0 Å². The predicted molar refractivity (Wildman–Crippen MR) is 82.3 cm³/mol. The van der Waals surface area contributed by atoms with Crippen molar-refractivity contribution in [3.05, 3.63) is 35.9 Å². The molecule has 1 aliphatic heterocycles. The molecule has 0 spiro atoms. The lowest BCUT2D eigenvalue weighted by Crippen LogP contribution is -2.42. The summed E-state index contributed by atoms with van der Waals surface area (Å²) >= 11 is 0. The second-order valence-corrected chi connectivity index (χ2v) is 5.74. The quantitative estimate of drug-likeness (QED) is 0.842. The highest BCUT2D eigenvalue weighted by atomic mass is 15.2. The van der Waals surface area contributed by atoms with Gasteiger partial charge in [0.15, 0.2) is 0 Å². The summed E-state index contributed by atoms with van der Waals surface area (Å²) in [6.45, 7) is 10.4. The van der Waals surface area contributed by atoms with Crippen LogP contribution in [0.1, 0.15) is 45.2 Å². The van der Waals surface area contributed by atoms with E-state index < -0.39 is 0 Å². The van der Waals surface area contributed by atoms with E-state index in [0.717, 1.165) is 12.5 Å². The summed E-state index contributed by atoms with van der Waals surface area (Å²) in [5.41, 5.74) is 1.41. The lowest BCUT2D eigenvalue weighted by atomic mass is 9.99. The van der Waals surface area contributed by atoms with E-state index in [1.807, 2.05) is 0 Å². The number of rotatable bonds is 6. The maximum absolute atomic E-state index is 3.67. The Morgan fingerprint density at radius 1 is 1.26 bits per heavy atom. The van der Waals surface area contributed by atoms with Gasteiger partial charge >= 0.3 is 0 Å². The fourth-order valence-corrected chi connectivity index (χ4v) is 3.22. The van der Waals surface area contributed by atoms with E-state index in [0.29, 0.717) is 12.1 Å². The molecule has 3 unspecified atom stereocenters. The molecule has 0 aliphatic carbocycles. The van der Waals surface area contributed by atoms with Gasteiger partial charge in [-0.3, -0.25) is 4.90 Å². The maximum Gasteiger partial charge on any atom is 0.0475 e. The van der Waals surface area contributed by atoms with Crippen LogP contribution < -0.4 is 5.32 Å². The van der Waals surface area contributed by atoms with E-state index >= 15 is 0 Å². The number of benzene rings is 1. The van der Waals surface area contributed by atoms with E-state index in [1.54, 1.807) is 0 Å².